The molecule has 1 heterocycles. The largest absolute Gasteiger partial charge is 0.337 e. The van der Waals surface area contributed by atoms with Gasteiger partial charge in [0.1, 0.15) is 0 Å². The van der Waals surface area contributed by atoms with E-state index in [1.807, 2.05) is 11.9 Å². The Morgan fingerprint density at radius 1 is 1.47 bits per heavy atom. The first-order valence-electron chi connectivity index (χ1n) is 6.22. The van der Waals surface area contributed by atoms with Gasteiger partial charge in [-0.05, 0) is 32.4 Å². The Kier molecular flexibility index (Phi) is 3.79. The molecule has 1 saturated heterocycles. The number of piperidine rings is 1. The molecule has 17 heavy (non-hydrogen) atoms. The summed E-state index contributed by atoms with van der Waals surface area (Å²) in [6, 6.07) is 8.38. The quantitative estimate of drug-likeness (QED) is 0.860. The molecule has 92 valence electrons. The number of amides is 1. The van der Waals surface area contributed by atoms with E-state index in [0.29, 0.717) is 0 Å². The third kappa shape index (κ3) is 2.86. The summed E-state index contributed by atoms with van der Waals surface area (Å²) in [6.07, 6.45) is 2.04. The van der Waals surface area contributed by atoms with Gasteiger partial charge in [0.2, 0.25) is 5.91 Å². The van der Waals surface area contributed by atoms with Gasteiger partial charge in [-0.2, -0.15) is 0 Å². The summed E-state index contributed by atoms with van der Waals surface area (Å²) in [5.74, 6) is 0.236. The Morgan fingerprint density at radius 2 is 2.29 bits per heavy atom. The van der Waals surface area contributed by atoms with Crippen LogP contribution in [0.4, 0.5) is 0 Å². The van der Waals surface area contributed by atoms with Gasteiger partial charge >= 0.3 is 0 Å². The van der Waals surface area contributed by atoms with Crippen molar-refractivity contribution < 1.29 is 4.79 Å². The molecular weight excluding hydrogens is 212 g/mol. The number of likely N-dealkylation sites (N-methyl/N-ethyl adjacent to an activating group) is 1. The molecule has 1 aliphatic rings. The number of hydrogen-bond acceptors (Lipinski definition) is 2. The average molecular weight is 232 g/mol. The molecule has 0 aliphatic carbocycles. The molecule has 1 aromatic carbocycles. The fourth-order valence-corrected chi connectivity index (χ4v) is 2.40. The van der Waals surface area contributed by atoms with Crippen molar-refractivity contribution in [2.75, 3.05) is 13.6 Å². The van der Waals surface area contributed by atoms with Gasteiger partial charge in [0.15, 0.2) is 0 Å². The Balaban J connectivity index is 2.05. The summed E-state index contributed by atoms with van der Waals surface area (Å²) in [7, 11) is 1.86. The van der Waals surface area contributed by atoms with Crippen molar-refractivity contribution in [3.05, 3.63) is 35.4 Å². The second-order valence-electron chi connectivity index (χ2n) is 4.73. The minimum absolute atomic E-state index is 0.00793. The third-order valence-electron chi connectivity index (χ3n) is 3.33. The van der Waals surface area contributed by atoms with Crippen LogP contribution in [0.5, 0.6) is 0 Å². The molecule has 0 aromatic heterocycles. The van der Waals surface area contributed by atoms with Gasteiger partial charge in [-0.1, -0.05) is 29.8 Å². The smallest absolute Gasteiger partial charge is 0.239 e. The van der Waals surface area contributed by atoms with E-state index in [-0.39, 0.29) is 11.9 Å². The molecule has 1 aromatic rings. The van der Waals surface area contributed by atoms with Crippen LogP contribution in [0.25, 0.3) is 0 Å². The van der Waals surface area contributed by atoms with E-state index in [2.05, 4.69) is 36.5 Å². The Hall–Kier alpha value is -1.35. The number of hydrogen-bond donors (Lipinski definition) is 1. The lowest BCUT2D eigenvalue weighted by molar-refractivity contribution is -0.136. The van der Waals surface area contributed by atoms with Crippen LogP contribution in [0.3, 0.4) is 0 Å². The van der Waals surface area contributed by atoms with Crippen LogP contribution in [-0.2, 0) is 11.3 Å². The van der Waals surface area contributed by atoms with Crippen LogP contribution in [0.1, 0.15) is 24.0 Å². The molecule has 1 N–H and O–H groups in total. The van der Waals surface area contributed by atoms with E-state index in [4.69, 9.17) is 0 Å². The molecule has 0 spiro atoms. The first kappa shape index (κ1) is 12.1. The molecule has 3 nitrogen and oxygen atoms in total. The molecule has 1 amide bonds. The van der Waals surface area contributed by atoms with Gasteiger partial charge in [-0.3, -0.25) is 4.79 Å². The lowest BCUT2D eigenvalue weighted by atomic mass is 10.0. The average Bonchev–Trinajstić information content (AvgIpc) is 2.32. The maximum Gasteiger partial charge on any atom is 0.239 e. The molecule has 0 saturated carbocycles. The van der Waals surface area contributed by atoms with Crippen LogP contribution in [0.2, 0.25) is 0 Å². The van der Waals surface area contributed by atoms with Crippen molar-refractivity contribution in [2.45, 2.75) is 32.4 Å². The molecule has 3 heteroatoms. The second-order valence-corrected chi connectivity index (χ2v) is 4.73. The fourth-order valence-electron chi connectivity index (χ4n) is 2.40. The maximum atomic E-state index is 12.1. The fraction of sp³-hybridized carbons (Fsp3) is 0.500. The lowest BCUT2D eigenvalue weighted by Gasteiger charge is -2.32. The van der Waals surface area contributed by atoms with Crippen molar-refractivity contribution >= 4 is 5.91 Å². The predicted octanol–water partition coefficient (Wildman–Crippen LogP) is 1.71. The SMILES string of the molecule is CNC1CCCN(Cc2cccc(C)c2)C1=O. The van der Waals surface area contributed by atoms with Gasteiger partial charge in [0.05, 0.1) is 6.04 Å². The van der Waals surface area contributed by atoms with E-state index in [9.17, 15) is 4.79 Å². The minimum Gasteiger partial charge on any atom is -0.337 e. The van der Waals surface area contributed by atoms with E-state index < -0.39 is 0 Å². The van der Waals surface area contributed by atoms with E-state index in [1.54, 1.807) is 0 Å². The van der Waals surface area contributed by atoms with Crippen LogP contribution >= 0.6 is 0 Å². The highest BCUT2D eigenvalue weighted by Gasteiger charge is 2.27. The first-order valence-corrected chi connectivity index (χ1v) is 6.22. The molecule has 0 radical (unpaired) electrons. The highest BCUT2D eigenvalue weighted by atomic mass is 16.2. The maximum absolute atomic E-state index is 12.1. The number of benzene rings is 1. The first-order chi connectivity index (χ1) is 8.20. The van der Waals surface area contributed by atoms with E-state index in [1.165, 1.54) is 11.1 Å². The van der Waals surface area contributed by atoms with E-state index >= 15 is 0 Å². The summed E-state index contributed by atoms with van der Waals surface area (Å²) in [4.78, 5) is 14.1. The molecule has 1 fully saturated rings. The number of nitrogens with zero attached hydrogens (tertiary/aromatic N) is 1. The van der Waals surface area contributed by atoms with Crippen LogP contribution in [0, 0.1) is 6.92 Å². The van der Waals surface area contributed by atoms with Crippen molar-refractivity contribution in [3.8, 4) is 0 Å². The normalized spacial score (nSPS) is 20.7. The zero-order valence-electron chi connectivity index (χ0n) is 10.6. The van der Waals surface area contributed by atoms with Crippen molar-refractivity contribution in [2.24, 2.45) is 0 Å². The Morgan fingerprint density at radius 3 is 3.00 bits per heavy atom. The van der Waals surface area contributed by atoms with Crippen molar-refractivity contribution in [1.82, 2.24) is 10.2 Å². The molecule has 2 rings (SSSR count). The number of carbonyl (C=O) groups is 1. The summed E-state index contributed by atoms with van der Waals surface area (Å²) in [6.45, 7) is 3.70. The van der Waals surface area contributed by atoms with Gasteiger partial charge in [-0.25, -0.2) is 0 Å². The predicted molar refractivity (Wildman–Crippen MR) is 68.7 cm³/mol. The van der Waals surface area contributed by atoms with Crippen molar-refractivity contribution in [1.29, 1.82) is 0 Å². The summed E-state index contributed by atoms with van der Waals surface area (Å²) in [5.41, 5.74) is 2.47. The van der Waals surface area contributed by atoms with Gasteiger partial charge in [0, 0.05) is 13.1 Å². The number of aryl methyl sites for hydroxylation is 1. The standard InChI is InChI=1S/C14H20N2O/c1-11-5-3-6-12(9-11)10-16-8-4-7-13(15-2)14(16)17/h3,5-6,9,13,15H,4,7-8,10H2,1-2H3. The minimum atomic E-state index is 0.00793. The van der Waals surface area contributed by atoms with Gasteiger partial charge in [0.25, 0.3) is 0 Å². The van der Waals surface area contributed by atoms with Gasteiger partial charge in [-0.15, -0.1) is 0 Å². The topological polar surface area (TPSA) is 32.3 Å². The number of rotatable bonds is 3. The molecule has 1 unspecified atom stereocenters. The molecular formula is C14H20N2O. The summed E-state index contributed by atoms with van der Waals surface area (Å²) in [5, 5.41) is 3.09. The van der Waals surface area contributed by atoms with Crippen LogP contribution in [0.15, 0.2) is 24.3 Å². The Labute approximate surface area is 103 Å². The number of carbonyl (C=O) groups excluding carboxylic acids is 1. The van der Waals surface area contributed by atoms with Crippen LogP contribution in [-0.4, -0.2) is 30.4 Å². The molecule has 0 bridgehead atoms. The highest BCUT2D eigenvalue weighted by Crippen LogP contribution is 2.15. The molecule has 1 atom stereocenters. The van der Waals surface area contributed by atoms with Gasteiger partial charge < -0.3 is 10.2 Å². The lowest BCUT2D eigenvalue weighted by Crippen LogP contribution is -2.49. The van der Waals surface area contributed by atoms with Crippen molar-refractivity contribution in [3.63, 3.8) is 0 Å². The Bertz CT molecular complexity index is 403. The zero-order valence-corrected chi connectivity index (χ0v) is 10.6. The molecule has 1 aliphatic heterocycles. The highest BCUT2D eigenvalue weighted by molar-refractivity contribution is 5.82. The van der Waals surface area contributed by atoms with Crippen LogP contribution < -0.4 is 5.32 Å². The number of likely N-dealkylation sites (tertiary alicyclic amines) is 1. The summed E-state index contributed by atoms with van der Waals surface area (Å²) >= 11 is 0. The monoisotopic (exact) mass is 232 g/mol. The third-order valence-corrected chi connectivity index (χ3v) is 3.33. The second kappa shape index (κ2) is 5.32. The van der Waals surface area contributed by atoms with E-state index in [0.717, 1.165) is 25.9 Å². The zero-order chi connectivity index (χ0) is 12.3. The summed E-state index contributed by atoms with van der Waals surface area (Å²) < 4.78 is 0. The number of nitrogens with one attached hydrogen (secondary N) is 1.